The molecule has 2 aliphatic rings. The van der Waals surface area contributed by atoms with Crippen LogP contribution in [0, 0.1) is 0 Å². The highest BCUT2D eigenvalue weighted by Crippen LogP contribution is 2.44. The van der Waals surface area contributed by atoms with Crippen molar-refractivity contribution >= 4 is 12.0 Å². The fourth-order valence-corrected chi connectivity index (χ4v) is 4.26. The predicted molar refractivity (Wildman–Crippen MR) is 111 cm³/mol. The van der Waals surface area contributed by atoms with Crippen molar-refractivity contribution in [3.63, 3.8) is 0 Å². The Morgan fingerprint density at radius 3 is 2.72 bits per heavy atom. The van der Waals surface area contributed by atoms with Crippen molar-refractivity contribution in [2.75, 3.05) is 20.2 Å². The molecule has 2 heterocycles. The van der Waals surface area contributed by atoms with Gasteiger partial charge in [0.1, 0.15) is 11.4 Å². The highest BCUT2D eigenvalue weighted by atomic mass is 16.5. The van der Waals surface area contributed by atoms with E-state index in [2.05, 4.69) is 33.9 Å². The number of hydrogen-bond acceptors (Lipinski definition) is 5. The molecule has 5 nitrogen and oxygen atoms in total. The van der Waals surface area contributed by atoms with Crippen LogP contribution in [0.15, 0.2) is 54.6 Å². The van der Waals surface area contributed by atoms with Gasteiger partial charge in [0.05, 0.1) is 13.2 Å². The van der Waals surface area contributed by atoms with Gasteiger partial charge in [0, 0.05) is 37.7 Å². The van der Waals surface area contributed by atoms with E-state index in [0.717, 1.165) is 49.4 Å². The van der Waals surface area contributed by atoms with Crippen molar-refractivity contribution in [2.24, 2.45) is 0 Å². The maximum atomic E-state index is 11.3. The third kappa shape index (κ3) is 4.52. The summed E-state index contributed by atoms with van der Waals surface area (Å²) < 4.78 is 11.1. The van der Waals surface area contributed by atoms with Gasteiger partial charge in [-0.05, 0) is 42.2 Å². The maximum absolute atomic E-state index is 11.3. The van der Waals surface area contributed by atoms with Crippen LogP contribution in [0.25, 0.3) is 6.08 Å². The van der Waals surface area contributed by atoms with Crippen LogP contribution in [0.4, 0.5) is 0 Å². The van der Waals surface area contributed by atoms with E-state index in [1.165, 1.54) is 18.7 Å². The maximum Gasteiger partial charge on any atom is 0.330 e. The molecule has 1 unspecified atom stereocenters. The molecule has 1 saturated heterocycles. The summed E-state index contributed by atoms with van der Waals surface area (Å²) in [5.41, 5.74) is 2.65. The van der Waals surface area contributed by atoms with Crippen LogP contribution in [0.2, 0.25) is 0 Å². The molecule has 1 spiro atoms. The van der Waals surface area contributed by atoms with E-state index in [-0.39, 0.29) is 5.60 Å². The smallest absolute Gasteiger partial charge is 0.330 e. The van der Waals surface area contributed by atoms with E-state index in [0.29, 0.717) is 6.42 Å². The van der Waals surface area contributed by atoms with Gasteiger partial charge in [-0.3, -0.25) is 4.90 Å². The molecule has 152 valence electrons. The first-order chi connectivity index (χ1) is 14.1. The van der Waals surface area contributed by atoms with Gasteiger partial charge in [0.2, 0.25) is 0 Å². The number of benzene rings is 2. The molecule has 0 amide bonds. The van der Waals surface area contributed by atoms with E-state index in [4.69, 9.17) is 4.74 Å². The third-order valence-electron chi connectivity index (χ3n) is 5.91. The topological polar surface area (TPSA) is 59.0 Å². The minimum Gasteiger partial charge on any atom is -0.487 e. The average Bonchev–Trinajstić information content (AvgIpc) is 2.75. The largest absolute Gasteiger partial charge is 0.487 e. The molecule has 0 bridgehead atoms. The zero-order chi connectivity index (χ0) is 20.3. The third-order valence-corrected chi connectivity index (χ3v) is 5.91. The van der Waals surface area contributed by atoms with Crippen molar-refractivity contribution < 1.29 is 19.4 Å². The van der Waals surface area contributed by atoms with Crippen molar-refractivity contribution in [3.8, 4) is 5.75 Å². The Kier molecular flexibility index (Phi) is 5.69. The minimum absolute atomic E-state index is 0.303. The van der Waals surface area contributed by atoms with Gasteiger partial charge >= 0.3 is 5.97 Å². The molecule has 1 fully saturated rings. The van der Waals surface area contributed by atoms with E-state index in [1.807, 2.05) is 24.3 Å². The van der Waals surface area contributed by atoms with Crippen LogP contribution < -0.4 is 4.74 Å². The minimum atomic E-state index is -0.564. The molecule has 29 heavy (non-hydrogen) atoms. The number of aliphatic hydroxyl groups is 1. The Hall–Kier alpha value is -2.63. The number of aliphatic hydroxyl groups excluding tert-OH is 1. The van der Waals surface area contributed by atoms with Gasteiger partial charge in [0.15, 0.2) is 0 Å². The summed E-state index contributed by atoms with van der Waals surface area (Å²) >= 11 is 0. The van der Waals surface area contributed by atoms with Gasteiger partial charge in [-0.15, -0.1) is 0 Å². The van der Waals surface area contributed by atoms with E-state index in [1.54, 1.807) is 6.08 Å². The van der Waals surface area contributed by atoms with E-state index >= 15 is 0 Å². The lowest BCUT2D eigenvalue weighted by atomic mass is 9.81. The van der Waals surface area contributed by atoms with Crippen LogP contribution in [0.3, 0.4) is 0 Å². The number of fused-ring (bicyclic) bond motifs is 1. The molecule has 0 aromatic heterocycles. The summed E-state index contributed by atoms with van der Waals surface area (Å²) in [6, 6.07) is 16.2. The fraction of sp³-hybridized carbons (Fsp3) is 0.375. The number of carbonyl (C=O) groups is 1. The molecule has 1 atom stereocenters. The first kappa shape index (κ1) is 19.7. The molecular formula is C24H27NO4. The second kappa shape index (κ2) is 8.39. The standard InChI is InChI=1S/C24H27NO4/c1-28-23(27)10-8-18-7-9-22-20(15-18)21(26)16-24(29-22)11-13-25(14-12-24)17-19-5-3-2-4-6-19/h2-10,15,21,26H,11-14,16-17H2,1H3/b10-8+. The Labute approximate surface area is 171 Å². The zero-order valence-corrected chi connectivity index (χ0v) is 16.7. The SMILES string of the molecule is COC(=O)/C=C/c1ccc2c(c1)C(O)CC1(CCN(Cc3ccccc3)CC1)O2. The predicted octanol–water partition coefficient (Wildman–Crippen LogP) is 3.72. The van der Waals surface area contributed by atoms with Crippen LogP contribution in [-0.2, 0) is 16.1 Å². The summed E-state index contributed by atoms with van der Waals surface area (Å²) in [7, 11) is 1.35. The van der Waals surface area contributed by atoms with Gasteiger partial charge in [0.25, 0.3) is 0 Å². The highest BCUT2D eigenvalue weighted by Gasteiger charge is 2.42. The normalized spacial score (nSPS) is 21.0. The Bertz CT molecular complexity index is 885. The lowest BCUT2D eigenvalue weighted by molar-refractivity contribution is -0.134. The Morgan fingerprint density at radius 2 is 2.00 bits per heavy atom. The average molecular weight is 393 g/mol. The van der Waals surface area contributed by atoms with Crippen LogP contribution in [0.5, 0.6) is 5.75 Å². The second-order valence-corrected chi connectivity index (χ2v) is 7.92. The zero-order valence-electron chi connectivity index (χ0n) is 16.7. The lowest BCUT2D eigenvalue weighted by Crippen LogP contribution is -2.50. The first-order valence-corrected chi connectivity index (χ1v) is 10.1. The van der Waals surface area contributed by atoms with Gasteiger partial charge in [-0.1, -0.05) is 36.4 Å². The molecule has 0 saturated carbocycles. The molecular weight excluding hydrogens is 366 g/mol. The summed E-state index contributed by atoms with van der Waals surface area (Å²) in [6.45, 7) is 2.86. The van der Waals surface area contributed by atoms with Crippen molar-refractivity contribution in [2.45, 2.75) is 37.5 Å². The monoisotopic (exact) mass is 393 g/mol. The second-order valence-electron chi connectivity index (χ2n) is 7.92. The van der Waals surface area contributed by atoms with E-state index < -0.39 is 12.1 Å². The number of carbonyl (C=O) groups excluding carboxylic acids is 1. The van der Waals surface area contributed by atoms with Gasteiger partial charge in [-0.25, -0.2) is 4.79 Å². The number of methoxy groups -OCH3 is 1. The van der Waals surface area contributed by atoms with Crippen LogP contribution in [0.1, 0.15) is 42.1 Å². The molecule has 1 N–H and O–H groups in total. The Balaban J connectivity index is 1.42. The number of ether oxygens (including phenoxy) is 2. The van der Waals surface area contributed by atoms with Gasteiger partial charge < -0.3 is 14.6 Å². The molecule has 4 rings (SSSR count). The molecule has 0 aliphatic carbocycles. The molecule has 2 aliphatic heterocycles. The summed E-state index contributed by atoms with van der Waals surface area (Å²) in [5, 5.41) is 10.8. The number of likely N-dealkylation sites (tertiary alicyclic amines) is 1. The van der Waals surface area contributed by atoms with Crippen LogP contribution >= 0.6 is 0 Å². The fourth-order valence-electron chi connectivity index (χ4n) is 4.26. The number of esters is 1. The first-order valence-electron chi connectivity index (χ1n) is 10.1. The van der Waals surface area contributed by atoms with Crippen molar-refractivity contribution in [1.29, 1.82) is 0 Å². The molecule has 0 radical (unpaired) electrons. The summed E-state index contributed by atoms with van der Waals surface area (Å²) in [6.07, 6.45) is 4.91. The highest BCUT2D eigenvalue weighted by molar-refractivity contribution is 5.87. The van der Waals surface area contributed by atoms with Crippen molar-refractivity contribution in [1.82, 2.24) is 4.90 Å². The lowest BCUT2D eigenvalue weighted by Gasteiger charge is -2.46. The molecule has 2 aromatic carbocycles. The van der Waals surface area contributed by atoms with Gasteiger partial charge in [-0.2, -0.15) is 0 Å². The van der Waals surface area contributed by atoms with E-state index in [9.17, 15) is 9.90 Å². The number of hydrogen-bond donors (Lipinski definition) is 1. The van der Waals surface area contributed by atoms with Crippen molar-refractivity contribution in [3.05, 3.63) is 71.3 Å². The molecule has 2 aromatic rings. The Morgan fingerprint density at radius 1 is 1.24 bits per heavy atom. The quantitative estimate of drug-likeness (QED) is 0.634. The number of piperidine rings is 1. The number of nitrogens with zero attached hydrogens (tertiary/aromatic N) is 1. The number of rotatable bonds is 4. The summed E-state index contributed by atoms with van der Waals surface area (Å²) in [4.78, 5) is 13.7. The molecule has 5 heteroatoms. The summed E-state index contributed by atoms with van der Waals surface area (Å²) in [5.74, 6) is 0.344. The van der Waals surface area contributed by atoms with Crippen LogP contribution in [-0.4, -0.2) is 41.8 Å².